The minimum Gasteiger partial charge on any atom is -0.481 e. The molecule has 2 aromatic rings. The lowest BCUT2D eigenvalue weighted by molar-refractivity contribution is -0.147. The molecule has 2 rings (SSSR count). The number of carbonyl (C=O) groups is 1. The molecule has 0 spiro atoms. The van der Waals surface area contributed by atoms with Gasteiger partial charge in [0.2, 0.25) is 0 Å². The largest absolute Gasteiger partial charge is 0.481 e. The molecule has 0 saturated carbocycles. The number of aromatic nitrogens is 4. The highest BCUT2D eigenvalue weighted by Gasteiger charge is 2.29. The van der Waals surface area contributed by atoms with Crippen molar-refractivity contribution in [2.24, 2.45) is 5.41 Å². The molecule has 0 aliphatic carbocycles. The van der Waals surface area contributed by atoms with E-state index in [1.165, 1.54) is 4.68 Å². The molecule has 0 amide bonds. The molecule has 0 saturated heterocycles. The maximum atomic E-state index is 11.2. The second kappa shape index (κ2) is 5.32. The molecule has 0 radical (unpaired) electrons. The van der Waals surface area contributed by atoms with E-state index in [0.29, 0.717) is 5.82 Å². The van der Waals surface area contributed by atoms with Gasteiger partial charge in [-0.05, 0) is 48.9 Å². The van der Waals surface area contributed by atoms with Crippen molar-refractivity contribution in [3.05, 3.63) is 28.2 Å². The first-order valence-corrected chi connectivity index (χ1v) is 6.86. The molecule has 1 aromatic carbocycles. The zero-order valence-electron chi connectivity index (χ0n) is 11.5. The summed E-state index contributed by atoms with van der Waals surface area (Å²) < 4.78 is 2.39. The number of nitrogens with zero attached hydrogens (tertiary/aromatic N) is 4. The molecule has 0 bridgehead atoms. The van der Waals surface area contributed by atoms with Crippen molar-refractivity contribution in [3.63, 3.8) is 0 Å². The Morgan fingerprint density at radius 1 is 1.45 bits per heavy atom. The number of carboxylic acids is 1. The summed E-state index contributed by atoms with van der Waals surface area (Å²) in [5.74, 6) is -0.340. The standard InChI is InChI=1S/C13H15BrN4O2/c1-8-4-5-9(10(14)6-8)11-15-16-17-18(11)7-13(2,3)12(19)20/h4-6H,7H2,1-3H3,(H,19,20). The van der Waals surface area contributed by atoms with E-state index in [-0.39, 0.29) is 6.54 Å². The topological polar surface area (TPSA) is 80.9 Å². The van der Waals surface area contributed by atoms with Crippen molar-refractivity contribution in [1.82, 2.24) is 20.2 Å². The lowest BCUT2D eigenvalue weighted by Gasteiger charge is -2.19. The van der Waals surface area contributed by atoms with Gasteiger partial charge in [-0.25, -0.2) is 4.68 Å². The van der Waals surface area contributed by atoms with E-state index < -0.39 is 11.4 Å². The highest BCUT2D eigenvalue weighted by molar-refractivity contribution is 9.10. The van der Waals surface area contributed by atoms with Gasteiger partial charge in [0.25, 0.3) is 0 Å². The maximum Gasteiger partial charge on any atom is 0.310 e. The van der Waals surface area contributed by atoms with Crippen LogP contribution < -0.4 is 0 Å². The monoisotopic (exact) mass is 338 g/mol. The molecular formula is C13H15BrN4O2. The number of hydrogen-bond acceptors (Lipinski definition) is 4. The zero-order valence-corrected chi connectivity index (χ0v) is 13.0. The van der Waals surface area contributed by atoms with Gasteiger partial charge in [-0.1, -0.05) is 22.0 Å². The van der Waals surface area contributed by atoms with Gasteiger partial charge in [0.15, 0.2) is 5.82 Å². The predicted molar refractivity (Wildman–Crippen MR) is 77.1 cm³/mol. The van der Waals surface area contributed by atoms with Crippen molar-refractivity contribution in [3.8, 4) is 11.4 Å². The fourth-order valence-electron chi connectivity index (χ4n) is 1.75. The van der Waals surface area contributed by atoms with E-state index in [9.17, 15) is 9.90 Å². The highest BCUT2D eigenvalue weighted by Crippen LogP contribution is 2.28. The molecule has 7 heteroatoms. The molecule has 0 unspecified atom stereocenters. The Morgan fingerprint density at radius 3 is 2.75 bits per heavy atom. The van der Waals surface area contributed by atoms with Gasteiger partial charge in [0, 0.05) is 10.0 Å². The number of benzene rings is 1. The first kappa shape index (κ1) is 14.6. The molecular weight excluding hydrogens is 324 g/mol. The third kappa shape index (κ3) is 2.87. The molecule has 20 heavy (non-hydrogen) atoms. The molecule has 106 valence electrons. The number of aryl methyl sites for hydroxylation is 1. The third-order valence-electron chi connectivity index (χ3n) is 3.02. The average molecular weight is 339 g/mol. The average Bonchev–Trinajstić information content (AvgIpc) is 2.76. The van der Waals surface area contributed by atoms with E-state index >= 15 is 0 Å². The van der Waals surface area contributed by atoms with Crippen molar-refractivity contribution in [1.29, 1.82) is 0 Å². The minimum absolute atomic E-state index is 0.199. The summed E-state index contributed by atoms with van der Waals surface area (Å²) in [5.41, 5.74) is 1.01. The van der Waals surface area contributed by atoms with Gasteiger partial charge in [0.1, 0.15) is 0 Å². The molecule has 6 nitrogen and oxygen atoms in total. The van der Waals surface area contributed by atoms with Gasteiger partial charge < -0.3 is 5.11 Å². The second-order valence-corrected chi connectivity index (χ2v) is 6.19. The van der Waals surface area contributed by atoms with Crippen LogP contribution in [0.15, 0.2) is 22.7 Å². The van der Waals surface area contributed by atoms with Crippen LogP contribution in [0.1, 0.15) is 19.4 Å². The van der Waals surface area contributed by atoms with Crippen molar-refractivity contribution in [2.75, 3.05) is 0 Å². The summed E-state index contributed by atoms with van der Waals surface area (Å²) in [6.07, 6.45) is 0. The van der Waals surface area contributed by atoms with Crippen LogP contribution in [0.5, 0.6) is 0 Å². The van der Waals surface area contributed by atoms with Crippen molar-refractivity contribution >= 4 is 21.9 Å². The fraction of sp³-hybridized carbons (Fsp3) is 0.385. The summed E-state index contributed by atoms with van der Waals surface area (Å²) >= 11 is 3.49. The Morgan fingerprint density at radius 2 is 2.15 bits per heavy atom. The SMILES string of the molecule is Cc1ccc(-c2nnnn2CC(C)(C)C(=O)O)c(Br)c1. The number of hydrogen-bond donors (Lipinski definition) is 1. The predicted octanol–water partition coefficient (Wildman–Crippen LogP) is 2.52. The Hall–Kier alpha value is -1.76. The van der Waals surface area contributed by atoms with Crippen LogP contribution >= 0.6 is 15.9 Å². The molecule has 0 aliphatic heterocycles. The second-order valence-electron chi connectivity index (χ2n) is 5.33. The van der Waals surface area contributed by atoms with Crippen LogP contribution in [0, 0.1) is 12.3 Å². The first-order chi connectivity index (χ1) is 9.31. The Kier molecular flexibility index (Phi) is 3.89. The number of halogens is 1. The van der Waals surface area contributed by atoms with Crippen LogP contribution in [0.25, 0.3) is 11.4 Å². The number of tetrazole rings is 1. The Bertz CT molecular complexity index is 652. The van der Waals surface area contributed by atoms with Crippen LogP contribution in [-0.4, -0.2) is 31.3 Å². The lowest BCUT2D eigenvalue weighted by Crippen LogP contribution is -2.30. The number of aliphatic carboxylic acids is 1. The Balaban J connectivity index is 2.41. The molecule has 0 aliphatic rings. The molecule has 1 N–H and O–H groups in total. The minimum atomic E-state index is -0.943. The normalized spacial score (nSPS) is 11.6. The number of carboxylic acid groups (broad SMARTS) is 1. The summed E-state index contributed by atoms with van der Waals surface area (Å²) in [7, 11) is 0. The summed E-state index contributed by atoms with van der Waals surface area (Å²) in [5, 5.41) is 20.8. The van der Waals surface area contributed by atoms with Gasteiger partial charge in [-0.2, -0.15) is 0 Å². The molecule has 1 heterocycles. The fourth-order valence-corrected chi connectivity index (χ4v) is 2.42. The van der Waals surface area contributed by atoms with Crippen LogP contribution in [-0.2, 0) is 11.3 Å². The molecule has 0 fully saturated rings. The smallest absolute Gasteiger partial charge is 0.310 e. The molecule has 1 aromatic heterocycles. The van der Waals surface area contributed by atoms with Crippen molar-refractivity contribution in [2.45, 2.75) is 27.3 Å². The summed E-state index contributed by atoms with van der Waals surface area (Å²) in [6.45, 7) is 5.48. The first-order valence-electron chi connectivity index (χ1n) is 6.07. The van der Waals surface area contributed by atoms with Gasteiger partial charge >= 0.3 is 5.97 Å². The summed E-state index contributed by atoms with van der Waals surface area (Å²) in [6, 6.07) is 5.84. The highest BCUT2D eigenvalue weighted by atomic mass is 79.9. The zero-order chi connectivity index (χ0) is 14.9. The van der Waals surface area contributed by atoms with Crippen LogP contribution in [0.2, 0.25) is 0 Å². The quantitative estimate of drug-likeness (QED) is 0.926. The van der Waals surface area contributed by atoms with Crippen LogP contribution in [0.4, 0.5) is 0 Å². The third-order valence-corrected chi connectivity index (χ3v) is 3.68. The maximum absolute atomic E-state index is 11.2. The van der Waals surface area contributed by atoms with E-state index in [0.717, 1.165) is 15.6 Å². The van der Waals surface area contributed by atoms with E-state index in [1.54, 1.807) is 13.8 Å². The Labute approximate surface area is 124 Å². The van der Waals surface area contributed by atoms with Crippen molar-refractivity contribution < 1.29 is 9.90 Å². The summed E-state index contributed by atoms with van der Waals surface area (Å²) in [4.78, 5) is 11.2. The molecule has 0 atom stereocenters. The van der Waals surface area contributed by atoms with E-state index in [1.807, 2.05) is 25.1 Å². The van der Waals surface area contributed by atoms with Gasteiger partial charge in [-0.3, -0.25) is 4.79 Å². The van der Waals surface area contributed by atoms with Crippen LogP contribution in [0.3, 0.4) is 0 Å². The van der Waals surface area contributed by atoms with Gasteiger partial charge in [0.05, 0.1) is 12.0 Å². The van der Waals surface area contributed by atoms with E-state index in [2.05, 4.69) is 31.5 Å². The number of rotatable bonds is 4. The van der Waals surface area contributed by atoms with Gasteiger partial charge in [-0.15, -0.1) is 5.10 Å². The van der Waals surface area contributed by atoms with E-state index in [4.69, 9.17) is 0 Å². The lowest BCUT2D eigenvalue weighted by atomic mass is 9.94.